The van der Waals surface area contributed by atoms with Gasteiger partial charge in [-0.25, -0.2) is 0 Å². The van der Waals surface area contributed by atoms with Crippen molar-refractivity contribution in [3.63, 3.8) is 0 Å². The molecule has 3 aromatic heterocycles. The number of benzene rings is 9. The van der Waals surface area contributed by atoms with Crippen LogP contribution in [0.2, 0.25) is 0 Å². The second-order valence-electron chi connectivity index (χ2n) is 16.1. The van der Waals surface area contributed by atoms with Crippen LogP contribution in [0.15, 0.2) is 152 Å². The van der Waals surface area contributed by atoms with E-state index in [9.17, 15) is 0 Å². The summed E-state index contributed by atoms with van der Waals surface area (Å²) in [6.45, 7) is 2.33. The summed E-state index contributed by atoms with van der Waals surface area (Å²) in [7, 11) is 0. The van der Waals surface area contributed by atoms with Gasteiger partial charge in [-0.15, -0.1) is 0 Å². The lowest BCUT2D eigenvalue weighted by atomic mass is 9.34. The van der Waals surface area contributed by atoms with Crippen molar-refractivity contribution in [3.8, 4) is 28.2 Å². The predicted molar refractivity (Wildman–Crippen MR) is 233 cm³/mol. The molecule has 0 atom stereocenters. The van der Waals surface area contributed by atoms with E-state index in [0.29, 0.717) is 0 Å². The smallest absolute Gasteiger partial charge is 0.252 e. The Morgan fingerprint density at radius 2 is 1.04 bits per heavy atom. The molecule has 1 aliphatic carbocycles. The summed E-state index contributed by atoms with van der Waals surface area (Å²) in [5.41, 5.74) is 19.7. The Hall–Kier alpha value is -7.04. The van der Waals surface area contributed by atoms with E-state index in [2.05, 4.69) is 172 Å². The summed E-state index contributed by atoms with van der Waals surface area (Å²) in [6.07, 6.45) is 0. The van der Waals surface area contributed by atoms with E-state index in [0.717, 1.165) is 0 Å². The average Bonchev–Trinajstić information content (AvgIpc) is 3.85. The van der Waals surface area contributed by atoms with Crippen LogP contribution in [0.1, 0.15) is 5.56 Å². The molecule has 3 nitrogen and oxygen atoms in total. The van der Waals surface area contributed by atoms with Gasteiger partial charge in [0.15, 0.2) is 0 Å². The van der Waals surface area contributed by atoms with Gasteiger partial charge in [-0.05, 0) is 110 Å². The van der Waals surface area contributed by atoms with Crippen LogP contribution in [0.5, 0.6) is 0 Å². The Morgan fingerprint density at radius 1 is 0.400 bits per heavy atom. The SMILES string of the molecule is Cc1cc2c3c(c1)-n1c4ccc5cccc6c5c4c4c5c7c-6cccc7n(-c6ccccc6)c5cc(c41)B3c1cc3ccccc3c3c4ccccc4n-2c13. The minimum atomic E-state index is 0.0476. The fraction of sp³-hybridized carbons (Fsp3) is 0.0196. The van der Waals surface area contributed by atoms with E-state index in [4.69, 9.17) is 0 Å². The van der Waals surface area contributed by atoms with Gasteiger partial charge >= 0.3 is 0 Å². The van der Waals surface area contributed by atoms with E-state index in [-0.39, 0.29) is 6.71 Å². The maximum absolute atomic E-state index is 2.66. The standard InChI is InChI=1S/C51H28BN3/c1-27-23-41-49-42(24-27)55-39-22-21-28-12-9-17-32-33-18-10-20-38-45(33)47-40(53(38)30-13-3-2-4-14-30)26-36(51(55)48(47)46(39)43(28)32)52(49)35-25-29-11-5-6-15-31(29)44-34-16-7-8-19-37(34)54(41)50(35)44/h2-26H,1H3. The fourth-order valence-corrected chi connectivity index (χ4v) is 11.7. The van der Waals surface area contributed by atoms with Crippen LogP contribution in [-0.2, 0) is 0 Å². The van der Waals surface area contributed by atoms with Crippen molar-refractivity contribution in [2.45, 2.75) is 6.92 Å². The first-order valence-electron chi connectivity index (χ1n) is 19.4. The molecule has 3 aliphatic rings. The van der Waals surface area contributed by atoms with E-state index < -0.39 is 0 Å². The van der Waals surface area contributed by atoms with Gasteiger partial charge in [-0.3, -0.25) is 0 Å². The van der Waals surface area contributed by atoms with Gasteiger partial charge in [0.2, 0.25) is 0 Å². The van der Waals surface area contributed by atoms with Gasteiger partial charge in [0, 0.05) is 49.4 Å². The molecule has 0 amide bonds. The Balaban J connectivity index is 1.26. The first-order valence-corrected chi connectivity index (χ1v) is 19.4. The predicted octanol–water partition coefficient (Wildman–Crippen LogP) is 10.7. The molecule has 0 fully saturated rings. The highest BCUT2D eigenvalue weighted by Crippen LogP contribution is 2.52. The van der Waals surface area contributed by atoms with Crippen molar-refractivity contribution >= 4 is 110 Å². The summed E-state index contributed by atoms with van der Waals surface area (Å²) in [5, 5.41) is 13.4. The molecule has 0 spiro atoms. The van der Waals surface area contributed by atoms with Gasteiger partial charge in [-0.2, -0.15) is 0 Å². The van der Waals surface area contributed by atoms with Gasteiger partial charge in [0.25, 0.3) is 6.71 Å². The molecule has 2 aliphatic heterocycles. The Morgan fingerprint density at radius 3 is 1.91 bits per heavy atom. The molecule has 0 bridgehead atoms. The van der Waals surface area contributed by atoms with Crippen molar-refractivity contribution in [1.29, 1.82) is 0 Å². The summed E-state index contributed by atoms with van der Waals surface area (Å²) < 4.78 is 7.81. The molecule has 0 radical (unpaired) electrons. The summed E-state index contributed by atoms with van der Waals surface area (Å²) in [6, 6.07) is 57.7. The van der Waals surface area contributed by atoms with E-state index >= 15 is 0 Å². The summed E-state index contributed by atoms with van der Waals surface area (Å²) in [4.78, 5) is 0. The molecule has 4 heteroatoms. The number of para-hydroxylation sites is 2. The second kappa shape index (κ2) is 9.01. The highest BCUT2D eigenvalue weighted by atomic mass is 15.0. The van der Waals surface area contributed by atoms with Gasteiger partial charge in [0.05, 0.1) is 33.1 Å². The minimum absolute atomic E-state index is 0.0476. The molecular formula is C51H28BN3. The Labute approximate surface area is 314 Å². The van der Waals surface area contributed by atoms with Crippen molar-refractivity contribution < 1.29 is 0 Å². The topological polar surface area (TPSA) is 14.8 Å². The number of fused-ring (bicyclic) bond motifs is 11. The third kappa shape index (κ3) is 2.93. The number of rotatable bonds is 1. The van der Waals surface area contributed by atoms with Crippen molar-refractivity contribution in [2.75, 3.05) is 0 Å². The average molecular weight is 694 g/mol. The zero-order valence-corrected chi connectivity index (χ0v) is 29.9. The maximum Gasteiger partial charge on any atom is 0.252 e. The molecular weight excluding hydrogens is 665 g/mol. The van der Waals surface area contributed by atoms with Crippen LogP contribution >= 0.6 is 0 Å². The Bertz CT molecular complexity index is 3840. The zero-order valence-electron chi connectivity index (χ0n) is 29.9. The monoisotopic (exact) mass is 693 g/mol. The molecule has 15 rings (SSSR count). The highest BCUT2D eigenvalue weighted by molar-refractivity contribution is 7.00. The van der Waals surface area contributed by atoms with Crippen molar-refractivity contribution in [3.05, 3.63) is 157 Å². The third-order valence-electron chi connectivity index (χ3n) is 13.5. The molecule has 55 heavy (non-hydrogen) atoms. The molecule has 0 N–H and O–H groups in total. The van der Waals surface area contributed by atoms with Crippen LogP contribution in [0.4, 0.5) is 0 Å². The lowest BCUT2D eigenvalue weighted by Crippen LogP contribution is -2.59. The van der Waals surface area contributed by atoms with Crippen LogP contribution < -0.4 is 16.4 Å². The van der Waals surface area contributed by atoms with Gasteiger partial charge in [-0.1, -0.05) is 103 Å². The van der Waals surface area contributed by atoms with Crippen LogP contribution in [0.25, 0.3) is 115 Å². The first-order chi connectivity index (χ1) is 27.2. The number of aryl methyl sites for hydroxylation is 1. The molecule has 0 saturated carbocycles. The molecule has 12 aromatic rings. The quantitative estimate of drug-likeness (QED) is 0.152. The normalized spacial score (nSPS) is 13.5. The largest absolute Gasteiger partial charge is 0.310 e. The van der Waals surface area contributed by atoms with Crippen molar-refractivity contribution in [2.24, 2.45) is 0 Å². The molecule has 5 heterocycles. The summed E-state index contributed by atoms with van der Waals surface area (Å²) in [5.74, 6) is 0. The van der Waals surface area contributed by atoms with Gasteiger partial charge in [0.1, 0.15) is 0 Å². The Kier molecular flexibility index (Phi) is 4.51. The van der Waals surface area contributed by atoms with E-state index in [1.54, 1.807) is 0 Å². The number of aromatic nitrogens is 3. The van der Waals surface area contributed by atoms with Crippen LogP contribution in [0.3, 0.4) is 0 Å². The minimum Gasteiger partial charge on any atom is -0.310 e. The van der Waals surface area contributed by atoms with Crippen LogP contribution in [-0.4, -0.2) is 20.4 Å². The number of hydrogen-bond acceptors (Lipinski definition) is 0. The maximum atomic E-state index is 2.66. The molecule has 0 saturated heterocycles. The number of hydrogen-bond donors (Lipinski definition) is 0. The molecule has 250 valence electrons. The summed E-state index contributed by atoms with van der Waals surface area (Å²) >= 11 is 0. The van der Waals surface area contributed by atoms with Gasteiger partial charge < -0.3 is 13.7 Å². The molecule has 9 aromatic carbocycles. The fourth-order valence-electron chi connectivity index (χ4n) is 11.7. The zero-order chi connectivity index (χ0) is 35.4. The lowest BCUT2D eigenvalue weighted by Gasteiger charge is -2.34. The van der Waals surface area contributed by atoms with E-state index in [1.165, 1.54) is 137 Å². The first kappa shape index (κ1) is 27.6. The van der Waals surface area contributed by atoms with Crippen molar-refractivity contribution in [1.82, 2.24) is 13.7 Å². The highest BCUT2D eigenvalue weighted by Gasteiger charge is 2.43. The lowest BCUT2D eigenvalue weighted by molar-refractivity contribution is 1.13. The third-order valence-corrected chi connectivity index (χ3v) is 13.5. The van der Waals surface area contributed by atoms with Crippen LogP contribution in [0, 0.1) is 6.92 Å². The molecule has 0 unspecified atom stereocenters. The second-order valence-corrected chi connectivity index (χ2v) is 16.1. The number of nitrogens with zero attached hydrogens (tertiary/aromatic N) is 3. The van der Waals surface area contributed by atoms with E-state index in [1.807, 2.05) is 0 Å².